The van der Waals surface area contributed by atoms with Crippen LogP contribution in [-0.4, -0.2) is 40.1 Å². The summed E-state index contributed by atoms with van der Waals surface area (Å²) < 4.78 is 28.9. The van der Waals surface area contributed by atoms with Crippen molar-refractivity contribution in [2.45, 2.75) is 19.0 Å². The molecule has 182 valence electrons. The van der Waals surface area contributed by atoms with Crippen LogP contribution in [0.25, 0.3) is 11.0 Å². The summed E-state index contributed by atoms with van der Waals surface area (Å²) in [5, 5.41) is 9.37. The van der Waals surface area contributed by atoms with E-state index in [1.54, 1.807) is 49.5 Å². The summed E-state index contributed by atoms with van der Waals surface area (Å²) in [6, 6.07) is 19.7. The standard InChI is InChI=1S/C28H25F2N5O/c1-18-17-34(28(19-3-7-21(29)8-4-19)20-5-9-22(30)10-6-20)13-14-35(18)25-15-26(36)33(2)24-12-11-23(16-31)32-27(24)25/h3-12,15,18,28H,13-14,17H2,1-2H3/t18-/m1/s1. The number of nitriles is 1. The highest BCUT2D eigenvalue weighted by Gasteiger charge is 2.32. The number of aromatic nitrogens is 2. The summed E-state index contributed by atoms with van der Waals surface area (Å²) in [6.07, 6.45) is 0. The molecule has 6 nitrogen and oxygen atoms in total. The number of pyridine rings is 2. The van der Waals surface area contributed by atoms with Crippen molar-refractivity contribution >= 4 is 16.7 Å². The van der Waals surface area contributed by atoms with Gasteiger partial charge in [0.05, 0.1) is 17.2 Å². The highest BCUT2D eigenvalue weighted by molar-refractivity contribution is 5.89. The number of nitrogens with zero attached hydrogens (tertiary/aromatic N) is 5. The van der Waals surface area contributed by atoms with Crippen molar-refractivity contribution in [1.29, 1.82) is 5.26 Å². The molecule has 0 N–H and O–H groups in total. The molecule has 4 aromatic rings. The number of piperazine rings is 1. The Bertz CT molecular complexity index is 1460. The van der Waals surface area contributed by atoms with Crippen LogP contribution in [0.1, 0.15) is 29.8 Å². The lowest BCUT2D eigenvalue weighted by molar-refractivity contribution is 0.188. The van der Waals surface area contributed by atoms with Crippen molar-refractivity contribution in [1.82, 2.24) is 14.5 Å². The minimum atomic E-state index is -0.309. The van der Waals surface area contributed by atoms with E-state index < -0.39 is 0 Å². The third-order valence-electron chi connectivity index (χ3n) is 6.89. The molecule has 0 amide bonds. The molecule has 5 rings (SSSR count). The van der Waals surface area contributed by atoms with Crippen molar-refractivity contribution in [2.24, 2.45) is 7.05 Å². The summed E-state index contributed by atoms with van der Waals surface area (Å²) in [5.74, 6) is -0.617. The number of fused-ring (bicyclic) bond motifs is 1. The van der Waals surface area contributed by atoms with Crippen LogP contribution >= 0.6 is 0 Å². The van der Waals surface area contributed by atoms with Crippen LogP contribution < -0.4 is 10.5 Å². The number of aryl methyl sites for hydroxylation is 1. The number of benzene rings is 2. The van der Waals surface area contributed by atoms with E-state index in [1.165, 1.54) is 28.8 Å². The zero-order valence-electron chi connectivity index (χ0n) is 20.0. The van der Waals surface area contributed by atoms with Crippen molar-refractivity contribution in [3.8, 4) is 6.07 Å². The van der Waals surface area contributed by atoms with E-state index in [1.807, 2.05) is 0 Å². The molecule has 0 bridgehead atoms. The van der Waals surface area contributed by atoms with Crippen molar-refractivity contribution < 1.29 is 8.78 Å². The molecular weight excluding hydrogens is 460 g/mol. The van der Waals surface area contributed by atoms with Gasteiger partial charge in [0.2, 0.25) is 0 Å². The number of anilines is 1. The molecule has 0 spiro atoms. The van der Waals surface area contributed by atoms with Crippen LogP contribution in [0.4, 0.5) is 14.5 Å². The first-order chi connectivity index (χ1) is 17.4. The molecule has 1 fully saturated rings. The van der Waals surface area contributed by atoms with Gasteiger partial charge in [-0.3, -0.25) is 9.69 Å². The minimum Gasteiger partial charge on any atom is -0.364 e. The number of halogens is 2. The van der Waals surface area contributed by atoms with Crippen LogP contribution in [0.2, 0.25) is 0 Å². The number of hydrogen-bond acceptors (Lipinski definition) is 5. The summed E-state index contributed by atoms with van der Waals surface area (Å²) in [4.78, 5) is 21.7. The highest BCUT2D eigenvalue weighted by Crippen LogP contribution is 2.33. The van der Waals surface area contributed by atoms with Gasteiger partial charge in [-0.25, -0.2) is 13.8 Å². The average molecular weight is 486 g/mol. The monoisotopic (exact) mass is 485 g/mol. The SMILES string of the molecule is C[C@@H]1CN(C(c2ccc(F)cc2)c2ccc(F)cc2)CCN1c1cc(=O)n(C)c2ccc(C#N)nc12. The number of rotatable bonds is 4. The van der Waals surface area contributed by atoms with Crippen molar-refractivity contribution in [3.63, 3.8) is 0 Å². The first kappa shape index (κ1) is 23.6. The lowest BCUT2D eigenvalue weighted by atomic mass is 9.95. The molecular formula is C28H25F2N5O. The van der Waals surface area contributed by atoms with E-state index in [9.17, 15) is 18.8 Å². The first-order valence-electron chi connectivity index (χ1n) is 11.8. The van der Waals surface area contributed by atoms with E-state index in [0.717, 1.165) is 11.1 Å². The van der Waals surface area contributed by atoms with Gasteiger partial charge in [0, 0.05) is 38.8 Å². The largest absolute Gasteiger partial charge is 0.364 e. The molecule has 1 atom stereocenters. The van der Waals surface area contributed by atoms with Gasteiger partial charge < -0.3 is 9.47 Å². The van der Waals surface area contributed by atoms with Gasteiger partial charge in [0.15, 0.2) is 0 Å². The molecule has 0 aliphatic carbocycles. The van der Waals surface area contributed by atoms with Gasteiger partial charge in [-0.2, -0.15) is 5.26 Å². The Hall–Kier alpha value is -4.09. The summed E-state index contributed by atoms with van der Waals surface area (Å²) in [6.45, 7) is 3.99. The van der Waals surface area contributed by atoms with Crippen LogP contribution in [0.3, 0.4) is 0 Å². The first-order valence-corrected chi connectivity index (χ1v) is 11.8. The van der Waals surface area contributed by atoms with Gasteiger partial charge in [-0.1, -0.05) is 24.3 Å². The Morgan fingerprint density at radius 1 is 0.972 bits per heavy atom. The maximum Gasteiger partial charge on any atom is 0.252 e. The maximum absolute atomic E-state index is 13.7. The average Bonchev–Trinajstić information content (AvgIpc) is 2.88. The maximum atomic E-state index is 13.7. The molecule has 1 aliphatic heterocycles. The Labute approximate surface area is 207 Å². The van der Waals surface area contributed by atoms with E-state index in [0.29, 0.717) is 42.0 Å². The molecule has 0 unspecified atom stereocenters. The third kappa shape index (κ3) is 4.34. The quantitative estimate of drug-likeness (QED) is 0.429. The van der Waals surface area contributed by atoms with E-state index >= 15 is 0 Å². The molecule has 0 radical (unpaired) electrons. The fourth-order valence-electron chi connectivity index (χ4n) is 5.08. The molecule has 2 aromatic heterocycles. The molecule has 3 heterocycles. The van der Waals surface area contributed by atoms with Gasteiger partial charge in [-0.05, 0) is 54.4 Å². The van der Waals surface area contributed by atoms with E-state index in [-0.39, 0.29) is 29.3 Å². The normalized spacial score (nSPS) is 16.4. The minimum absolute atomic E-state index is 0.00462. The van der Waals surface area contributed by atoms with Gasteiger partial charge in [-0.15, -0.1) is 0 Å². The van der Waals surface area contributed by atoms with Crippen LogP contribution in [0.5, 0.6) is 0 Å². The Kier molecular flexibility index (Phi) is 6.25. The molecule has 8 heteroatoms. The smallest absolute Gasteiger partial charge is 0.252 e. The van der Waals surface area contributed by atoms with Gasteiger partial charge in [0.25, 0.3) is 5.56 Å². The van der Waals surface area contributed by atoms with Crippen LogP contribution in [0, 0.1) is 23.0 Å². The fraction of sp³-hybridized carbons (Fsp3) is 0.250. The number of hydrogen-bond donors (Lipinski definition) is 0. The Morgan fingerprint density at radius 2 is 1.58 bits per heavy atom. The molecule has 1 aliphatic rings. The third-order valence-corrected chi connectivity index (χ3v) is 6.89. The summed E-state index contributed by atoms with van der Waals surface area (Å²) in [7, 11) is 1.69. The summed E-state index contributed by atoms with van der Waals surface area (Å²) in [5.41, 5.74) is 3.98. The second-order valence-electron chi connectivity index (χ2n) is 9.15. The lowest BCUT2D eigenvalue weighted by Crippen LogP contribution is -2.53. The van der Waals surface area contributed by atoms with Crippen molar-refractivity contribution in [3.05, 3.63) is 106 Å². The van der Waals surface area contributed by atoms with Gasteiger partial charge >= 0.3 is 0 Å². The summed E-state index contributed by atoms with van der Waals surface area (Å²) >= 11 is 0. The Morgan fingerprint density at radius 3 is 2.14 bits per heavy atom. The zero-order valence-corrected chi connectivity index (χ0v) is 20.0. The van der Waals surface area contributed by atoms with Crippen LogP contribution in [0.15, 0.2) is 71.5 Å². The highest BCUT2D eigenvalue weighted by atomic mass is 19.1. The van der Waals surface area contributed by atoms with Gasteiger partial charge in [0.1, 0.15) is 28.9 Å². The zero-order chi connectivity index (χ0) is 25.4. The Balaban J connectivity index is 1.51. The fourth-order valence-corrected chi connectivity index (χ4v) is 5.08. The molecule has 36 heavy (non-hydrogen) atoms. The molecule has 1 saturated heterocycles. The molecule has 2 aromatic carbocycles. The predicted octanol–water partition coefficient (Wildman–Crippen LogP) is 4.38. The second kappa shape index (κ2) is 9.51. The second-order valence-corrected chi connectivity index (χ2v) is 9.15. The lowest BCUT2D eigenvalue weighted by Gasteiger charge is -2.44. The predicted molar refractivity (Wildman–Crippen MR) is 135 cm³/mol. The molecule has 0 saturated carbocycles. The van der Waals surface area contributed by atoms with E-state index in [4.69, 9.17) is 0 Å². The topological polar surface area (TPSA) is 65.2 Å². The van der Waals surface area contributed by atoms with Crippen LogP contribution in [-0.2, 0) is 7.05 Å². The van der Waals surface area contributed by atoms with E-state index in [2.05, 4.69) is 27.8 Å². The van der Waals surface area contributed by atoms with Crippen molar-refractivity contribution in [2.75, 3.05) is 24.5 Å².